The third-order valence-electron chi connectivity index (χ3n) is 7.07. The molecule has 2 bridgehead atoms. The molecular weight excluding hydrogens is 414 g/mol. The fourth-order valence-corrected chi connectivity index (χ4v) is 5.46. The number of hydrogen-bond donors (Lipinski definition) is 2. The molecule has 2 heterocycles. The Morgan fingerprint density at radius 1 is 1.15 bits per heavy atom. The lowest BCUT2D eigenvalue weighted by Crippen LogP contribution is -2.70. The molecule has 0 aliphatic heterocycles. The van der Waals surface area contributed by atoms with Crippen LogP contribution in [0.5, 0.6) is 11.6 Å². The molecule has 2 aromatic heterocycles. The van der Waals surface area contributed by atoms with E-state index >= 15 is 0 Å². The number of hydrogen-bond acceptors (Lipinski definition) is 7. The van der Waals surface area contributed by atoms with Gasteiger partial charge in [-0.3, -0.25) is 5.10 Å². The standard InChI is InChI=1S/C25H23N7O/c1-14-8-16(4-3-7-26)9-15(2)20(14)33-22-18-19(17-5-6-17)31-32-21(18)28-23(29-22)30-25-10-24(11-25,12-25)13-27/h3-4,8-9,17H,5-6,10-12H2,1-2H3,(H2,28,29,30,31,32)/b4-3+. The van der Waals surface area contributed by atoms with Crippen LogP contribution in [-0.2, 0) is 0 Å². The van der Waals surface area contributed by atoms with Crippen LogP contribution in [0.1, 0.15) is 60.4 Å². The van der Waals surface area contributed by atoms with Gasteiger partial charge in [-0.2, -0.15) is 25.6 Å². The molecule has 0 amide bonds. The predicted molar refractivity (Wildman–Crippen MR) is 123 cm³/mol. The second kappa shape index (κ2) is 6.79. The van der Waals surface area contributed by atoms with E-state index in [9.17, 15) is 5.26 Å². The number of nitrogens with zero attached hydrogens (tertiary/aromatic N) is 5. The van der Waals surface area contributed by atoms with E-state index in [-0.39, 0.29) is 11.0 Å². The highest BCUT2D eigenvalue weighted by Crippen LogP contribution is 2.67. The first-order valence-electron chi connectivity index (χ1n) is 11.2. The molecule has 0 spiro atoms. The van der Waals surface area contributed by atoms with Gasteiger partial charge in [-0.15, -0.1) is 0 Å². The Bertz CT molecular complexity index is 1370. The molecule has 8 heteroatoms. The Labute approximate surface area is 191 Å². The molecule has 0 unspecified atom stereocenters. The quantitative estimate of drug-likeness (QED) is 0.518. The molecule has 4 fully saturated rings. The first kappa shape index (κ1) is 19.8. The Morgan fingerprint density at radius 2 is 1.88 bits per heavy atom. The number of allylic oxidation sites excluding steroid dienone is 1. The molecule has 0 atom stereocenters. The van der Waals surface area contributed by atoms with Crippen LogP contribution in [0.4, 0.5) is 5.95 Å². The van der Waals surface area contributed by atoms with Crippen molar-refractivity contribution in [3.05, 3.63) is 40.6 Å². The van der Waals surface area contributed by atoms with E-state index < -0.39 is 0 Å². The van der Waals surface area contributed by atoms with E-state index in [1.807, 2.05) is 32.0 Å². The maximum absolute atomic E-state index is 9.33. The van der Waals surface area contributed by atoms with Gasteiger partial charge >= 0.3 is 0 Å². The maximum Gasteiger partial charge on any atom is 0.235 e. The Hall–Kier alpha value is -3.91. The molecule has 0 radical (unpaired) electrons. The van der Waals surface area contributed by atoms with E-state index in [0.717, 1.165) is 65.6 Å². The summed E-state index contributed by atoms with van der Waals surface area (Å²) >= 11 is 0. The van der Waals surface area contributed by atoms with Gasteiger partial charge in [0.1, 0.15) is 11.1 Å². The number of ether oxygens (including phenoxy) is 1. The zero-order valence-electron chi connectivity index (χ0n) is 18.6. The van der Waals surface area contributed by atoms with Crippen molar-refractivity contribution >= 4 is 23.1 Å². The molecule has 4 aliphatic rings. The lowest BCUT2D eigenvalue weighted by molar-refractivity contribution is -0.0665. The van der Waals surface area contributed by atoms with Crippen molar-refractivity contribution in [1.82, 2.24) is 20.2 Å². The lowest BCUT2D eigenvalue weighted by atomic mass is 9.40. The topological polar surface area (TPSA) is 123 Å². The SMILES string of the molecule is Cc1cc(/C=C/C#N)cc(C)c1Oc1nc(NC23CC(C#N)(C2)C3)nc2n[nH]c(C3CC3)c12. The fourth-order valence-electron chi connectivity index (χ4n) is 5.46. The van der Waals surface area contributed by atoms with Crippen molar-refractivity contribution in [1.29, 1.82) is 10.5 Å². The first-order chi connectivity index (χ1) is 15.9. The van der Waals surface area contributed by atoms with Crippen LogP contribution in [0.15, 0.2) is 18.2 Å². The number of aryl methyl sites for hydroxylation is 2. The molecule has 0 saturated heterocycles. The number of rotatable bonds is 6. The Kier molecular flexibility index (Phi) is 4.07. The van der Waals surface area contributed by atoms with Gasteiger partial charge in [0, 0.05) is 17.5 Å². The number of aromatic amines is 1. The van der Waals surface area contributed by atoms with Crippen LogP contribution in [0.25, 0.3) is 17.1 Å². The largest absolute Gasteiger partial charge is 0.437 e. The highest BCUT2D eigenvalue weighted by molar-refractivity contribution is 5.85. The fraction of sp³-hybridized carbons (Fsp3) is 0.400. The van der Waals surface area contributed by atoms with Gasteiger partial charge in [-0.25, -0.2) is 0 Å². The molecule has 2 N–H and O–H groups in total. The summed E-state index contributed by atoms with van der Waals surface area (Å²) in [4.78, 5) is 9.46. The predicted octanol–water partition coefficient (Wildman–Crippen LogP) is 5.03. The zero-order chi connectivity index (χ0) is 22.8. The average molecular weight is 438 g/mol. The summed E-state index contributed by atoms with van der Waals surface area (Å²) in [6.45, 7) is 3.98. The second-order valence-corrected chi connectivity index (χ2v) is 9.84. The van der Waals surface area contributed by atoms with Crippen LogP contribution in [0, 0.1) is 41.9 Å². The monoisotopic (exact) mass is 437 g/mol. The minimum absolute atomic E-state index is 0.0864. The molecule has 4 saturated carbocycles. The van der Waals surface area contributed by atoms with Crippen LogP contribution in [0.2, 0.25) is 0 Å². The van der Waals surface area contributed by atoms with Gasteiger partial charge in [0.25, 0.3) is 0 Å². The summed E-state index contributed by atoms with van der Waals surface area (Å²) in [5, 5.41) is 30.1. The number of nitriles is 2. The van der Waals surface area contributed by atoms with Gasteiger partial charge in [0.15, 0.2) is 5.65 Å². The molecule has 4 aliphatic carbocycles. The Morgan fingerprint density at radius 3 is 2.52 bits per heavy atom. The van der Waals surface area contributed by atoms with Gasteiger partial charge in [-0.05, 0) is 80.9 Å². The van der Waals surface area contributed by atoms with Crippen LogP contribution in [-0.4, -0.2) is 25.7 Å². The van der Waals surface area contributed by atoms with Gasteiger partial charge in [0.05, 0.1) is 23.2 Å². The third kappa shape index (κ3) is 3.14. The van der Waals surface area contributed by atoms with Crippen LogP contribution < -0.4 is 10.1 Å². The lowest BCUT2D eigenvalue weighted by Gasteiger charge is -2.66. The van der Waals surface area contributed by atoms with Crippen molar-refractivity contribution in [3.8, 4) is 23.8 Å². The van der Waals surface area contributed by atoms with Crippen molar-refractivity contribution in [2.45, 2.75) is 57.4 Å². The molecule has 3 aromatic rings. The van der Waals surface area contributed by atoms with Crippen molar-refractivity contribution in [2.24, 2.45) is 5.41 Å². The minimum atomic E-state index is -0.155. The normalized spacial score (nSPS) is 25.2. The number of H-pyrrole nitrogens is 1. The highest BCUT2D eigenvalue weighted by atomic mass is 16.5. The smallest absolute Gasteiger partial charge is 0.235 e. The van der Waals surface area contributed by atoms with Gasteiger partial charge < -0.3 is 10.1 Å². The molecule has 164 valence electrons. The van der Waals surface area contributed by atoms with E-state index in [1.165, 1.54) is 6.08 Å². The number of benzene rings is 1. The van der Waals surface area contributed by atoms with Crippen LogP contribution in [0.3, 0.4) is 0 Å². The average Bonchev–Trinajstić information content (AvgIpc) is 3.49. The number of anilines is 1. The van der Waals surface area contributed by atoms with E-state index in [1.54, 1.807) is 6.08 Å². The minimum Gasteiger partial charge on any atom is -0.437 e. The summed E-state index contributed by atoms with van der Waals surface area (Å²) in [6.07, 6.45) is 7.98. The zero-order valence-corrected chi connectivity index (χ0v) is 18.6. The Balaban J connectivity index is 1.38. The second-order valence-electron chi connectivity index (χ2n) is 9.84. The summed E-state index contributed by atoms with van der Waals surface area (Å²) in [5.74, 6) is 2.16. The molecule has 8 nitrogen and oxygen atoms in total. The van der Waals surface area contributed by atoms with Crippen LogP contribution >= 0.6 is 0 Å². The highest BCUT2D eigenvalue weighted by Gasteiger charge is 2.69. The third-order valence-corrected chi connectivity index (χ3v) is 7.07. The number of nitrogens with one attached hydrogen (secondary N) is 2. The van der Waals surface area contributed by atoms with E-state index in [0.29, 0.717) is 23.4 Å². The number of aromatic nitrogens is 4. The molecule has 7 rings (SSSR count). The molecule has 1 aromatic carbocycles. The van der Waals surface area contributed by atoms with E-state index in [2.05, 4.69) is 26.6 Å². The van der Waals surface area contributed by atoms with Gasteiger partial charge in [0.2, 0.25) is 11.8 Å². The first-order valence-corrected chi connectivity index (χ1v) is 11.2. The number of fused-ring (bicyclic) bond motifs is 1. The summed E-state index contributed by atoms with van der Waals surface area (Å²) in [6, 6.07) is 8.45. The summed E-state index contributed by atoms with van der Waals surface area (Å²) in [7, 11) is 0. The van der Waals surface area contributed by atoms with E-state index in [4.69, 9.17) is 15.0 Å². The maximum atomic E-state index is 9.33. The van der Waals surface area contributed by atoms with Crippen molar-refractivity contribution in [3.63, 3.8) is 0 Å². The van der Waals surface area contributed by atoms with Crippen molar-refractivity contribution in [2.75, 3.05) is 5.32 Å². The molecular formula is C25H23N7O. The summed E-state index contributed by atoms with van der Waals surface area (Å²) < 4.78 is 6.46. The van der Waals surface area contributed by atoms with Gasteiger partial charge in [-0.1, -0.05) is 0 Å². The summed E-state index contributed by atoms with van der Waals surface area (Å²) in [5.41, 5.74) is 4.25. The molecule has 33 heavy (non-hydrogen) atoms. The van der Waals surface area contributed by atoms with Crippen molar-refractivity contribution < 1.29 is 4.74 Å².